The molecule has 2 bridgehead atoms. The largest absolute Gasteiger partial charge is 0.497 e. The topological polar surface area (TPSA) is 63.7 Å². The number of carbonyl (C=O) groups is 3. The molecule has 5 heteroatoms. The van der Waals surface area contributed by atoms with E-state index >= 15 is 4.79 Å². The maximum Gasteiger partial charge on any atom is 0.239 e. The normalized spacial score (nSPS) is 25.2. The van der Waals surface area contributed by atoms with Crippen molar-refractivity contribution in [1.82, 2.24) is 0 Å². The highest BCUT2D eigenvalue weighted by molar-refractivity contribution is 6.39. The molecule has 2 aliphatic carbocycles. The Morgan fingerprint density at radius 1 is 0.511 bits per heavy atom. The first-order valence-corrected chi connectivity index (χ1v) is 15.1. The van der Waals surface area contributed by atoms with E-state index in [0.29, 0.717) is 22.6 Å². The number of Topliss-reactive ketones (excluding diaryl/α,β-unsaturated/α-hetero) is 1. The molecule has 0 N–H and O–H groups in total. The number of imide groups is 1. The molecule has 0 spiro atoms. The Balaban J connectivity index is 1.53. The molecule has 2 amide bonds. The molecule has 1 saturated heterocycles. The van der Waals surface area contributed by atoms with Crippen LogP contribution in [0.2, 0.25) is 0 Å². The zero-order valence-corrected chi connectivity index (χ0v) is 24.6. The smallest absolute Gasteiger partial charge is 0.239 e. The fourth-order valence-electron chi connectivity index (χ4n) is 8.32. The molecule has 1 aliphatic heterocycles. The summed E-state index contributed by atoms with van der Waals surface area (Å²) in [4.78, 5) is 47.0. The second kappa shape index (κ2) is 10.00. The number of methoxy groups -OCH3 is 1. The number of hydrogen-bond donors (Lipinski definition) is 0. The Morgan fingerprint density at radius 3 is 1.27 bits per heavy atom. The molecule has 45 heavy (non-hydrogen) atoms. The summed E-state index contributed by atoms with van der Waals surface area (Å²) < 4.78 is 5.35. The number of anilines is 1. The van der Waals surface area contributed by atoms with Crippen LogP contribution in [0.1, 0.15) is 22.3 Å². The zero-order valence-electron chi connectivity index (χ0n) is 24.6. The van der Waals surface area contributed by atoms with Crippen molar-refractivity contribution in [2.75, 3.05) is 12.0 Å². The lowest BCUT2D eigenvalue weighted by molar-refractivity contribution is -0.130. The monoisotopic (exact) mass is 587 g/mol. The molecule has 0 aromatic heterocycles. The molecule has 4 unspecified atom stereocenters. The van der Waals surface area contributed by atoms with Gasteiger partial charge in [-0.2, -0.15) is 0 Å². The van der Waals surface area contributed by atoms with Gasteiger partial charge in [0.2, 0.25) is 11.8 Å². The lowest BCUT2D eigenvalue weighted by Crippen LogP contribution is -2.45. The molecule has 5 aromatic rings. The fraction of sp³-hybridized carbons (Fsp3) is 0.125. The summed E-state index contributed by atoms with van der Waals surface area (Å²) in [6.07, 6.45) is 0. The molecule has 5 nitrogen and oxygen atoms in total. The summed E-state index contributed by atoms with van der Waals surface area (Å²) in [6, 6.07) is 45.8. The van der Waals surface area contributed by atoms with Crippen LogP contribution in [0.3, 0.4) is 0 Å². The first-order chi connectivity index (χ1) is 22.1. The lowest BCUT2D eigenvalue weighted by atomic mass is 9.59. The number of ketones is 1. The van der Waals surface area contributed by atoms with Crippen LogP contribution in [0, 0.1) is 11.8 Å². The number of benzene rings is 5. The number of rotatable bonds is 6. The second-order valence-electron chi connectivity index (χ2n) is 11.8. The molecular weight excluding hydrogens is 558 g/mol. The molecule has 8 rings (SSSR count). The van der Waals surface area contributed by atoms with Crippen LogP contribution in [0.25, 0.3) is 11.1 Å². The van der Waals surface area contributed by atoms with Crippen molar-refractivity contribution in [1.29, 1.82) is 0 Å². The summed E-state index contributed by atoms with van der Waals surface area (Å²) in [5.74, 6) is -2.16. The van der Waals surface area contributed by atoms with E-state index in [1.165, 1.54) is 4.90 Å². The number of fused-ring (bicyclic) bond motifs is 5. The summed E-state index contributed by atoms with van der Waals surface area (Å²) in [5.41, 5.74) is 2.34. The first kappa shape index (κ1) is 27.0. The van der Waals surface area contributed by atoms with Crippen molar-refractivity contribution in [3.8, 4) is 5.75 Å². The number of hydrogen-bond acceptors (Lipinski definition) is 4. The van der Waals surface area contributed by atoms with Gasteiger partial charge in [0.05, 0.1) is 35.5 Å². The molecule has 3 aliphatic rings. The second-order valence-corrected chi connectivity index (χ2v) is 11.8. The average Bonchev–Trinajstić information content (AvgIpc) is 3.62. The van der Waals surface area contributed by atoms with Gasteiger partial charge in [-0.1, -0.05) is 121 Å². The molecular formula is C40H29NO4. The average molecular weight is 588 g/mol. The minimum Gasteiger partial charge on any atom is -0.497 e. The van der Waals surface area contributed by atoms with Crippen molar-refractivity contribution < 1.29 is 19.1 Å². The van der Waals surface area contributed by atoms with Crippen molar-refractivity contribution in [2.45, 2.75) is 10.8 Å². The zero-order chi connectivity index (χ0) is 30.8. The molecule has 1 saturated carbocycles. The predicted molar refractivity (Wildman–Crippen MR) is 173 cm³/mol. The van der Waals surface area contributed by atoms with Gasteiger partial charge in [0, 0.05) is 0 Å². The van der Waals surface area contributed by atoms with Gasteiger partial charge in [-0.3, -0.25) is 14.4 Å². The predicted octanol–water partition coefficient (Wildman–Crippen LogP) is 6.88. The Morgan fingerprint density at radius 2 is 0.889 bits per heavy atom. The molecule has 4 atom stereocenters. The number of nitrogens with zero attached hydrogens (tertiary/aromatic N) is 1. The van der Waals surface area contributed by atoms with Crippen LogP contribution in [0.15, 0.2) is 146 Å². The number of carbonyl (C=O) groups excluding carboxylic acids is 3. The van der Waals surface area contributed by atoms with E-state index in [0.717, 1.165) is 22.3 Å². The van der Waals surface area contributed by atoms with Crippen LogP contribution in [-0.2, 0) is 25.2 Å². The Kier molecular flexibility index (Phi) is 6.00. The first-order valence-electron chi connectivity index (χ1n) is 15.1. The van der Waals surface area contributed by atoms with E-state index in [9.17, 15) is 9.59 Å². The third-order valence-electron chi connectivity index (χ3n) is 9.91. The number of amides is 2. The van der Waals surface area contributed by atoms with E-state index in [1.807, 2.05) is 121 Å². The van der Waals surface area contributed by atoms with E-state index in [-0.39, 0.29) is 17.6 Å². The Bertz CT molecular complexity index is 1870. The van der Waals surface area contributed by atoms with Crippen molar-refractivity contribution in [3.63, 3.8) is 0 Å². The van der Waals surface area contributed by atoms with Crippen LogP contribution in [-0.4, -0.2) is 24.7 Å². The van der Waals surface area contributed by atoms with Gasteiger partial charge < -0.3 is 4.74 Å². The van der Waals surface area contributed by atoms with Gasteiger partial charge in [-0.15, -0.1) is 0 Å². The quantitative estimate of drug-likeness (QED) is 0.203. The molecule has 218 valence electrons. The minimum atomic E-state index is -1.41. The summed E-state index contributed by atoms with van der Waals surface area (Å²) in [5, 5.41) is 0. The van der Waals surface area contributed by atoms with Gasteiger partial charge in [-0.05, 0) is 57.7 Å². The van der Waals surface area contributed by atoms with E-state index in [1.54, 1.807) is 31.4 Å². The van der Waals surface area contributed by atoms with E-state index in [2.05, 4.69) is 0 Å². The summed E-state index contributed by atoms with van der Waals surface area (Å²) in [7, 11) is 1.57. The number of ether oxygens (including phenoxy) is 1. The molecule has 2 fully saturated rings. The highest BCUT2D eigenvalue weighted by Crippen LogP contribution is 2.74. The SMILES string of the molecule is COc1ccc(N2C(=O)C3C(C2=O)C2(c4ccccc4)C(=O)C3(c3ccccc3)C(c3ccccc3)=C2c2ccccc2)cc1. The molecule has 5 aromatic carbocycles. The third kappa shape index (κ3) is 3.41. The Labute approximate surface area is 261 Å². The highest BCUT2D eigenvalue weighted by Gasteiger charge is 2.82. The minimum absolute atomic E-state index is 0.129. The van der Waals surface area contributed by atoms with Crippen LogP contribution in [0.5, 0.6) is 5.75 Å². The standard InChI is InChI=1S/C40H29NO4/c1-45-31-24-22-30(23-25-31)41-36(42)34-35(37(41)43)40(29-20-12-5-13-21-29)33(27-16-8-3-9-17-27)32(26-14-6-2-7-15-26)39(34,38(40)44)28-18-10-4-11-19-28/h2-25,34-35H,1H3. The maximum atomic E-state index is 15.8. The number of allylic oxidation sites excluding steroid dienone is 2. The van der Waals surface area contributed by atoms with Crippen LogP contribution >= 0.6 is 0 Å². The van der Waals surface area contributed by atoms with Gasteiger partial charge in [0.15, 0.2) is 5.78 Å². The van der Waals surface area contributed by atoms with Crippen LogP contribution in [0.4, 0.5) is 5.69 Å². The van der Waals surface area contributed by atoms with Gasteiger partial charge in [0.25, 0.3) is 0 Å². The van der Waals surface area contributed by atoms with Crippen molar-refractivity contribution in [2.24, 2.45) is 11.8 Å². The van der Waals surface area contributed by atoms with Crippen molar-refractivity contribution in [3.05, 3.63) is 168 Å². The van der Waals surface area contributed by atoms with Gasteiger partial charge in [-0.25, -0.2) is 4.90 Å². The highest BCUT2D eigenvalue weighted by atomic mass is 16.5. The molecule has 0 radical (unpaired) electrons. The van der Waals surface area contributed by atoms with E-state index in [4.69, 9.17) is 4.74 Å². The Hall–Kier alpha value is -5.55. The maximum absolute atomic E-state index is 15.8. The molecule has 1 heterocycles. The van der Waals surface area contributed by atoms with Crippen molar-refractivity contribution >= 4 is 34.4 Å². The van der Waals surface area contributed by atoms with Crippen LogP contribution < -0.4 is 9.64 Å². The fourth-order valence-corrected chi connectivity index (χ4v) is 8.32. The lowest BCUT2D eigenvalue weighted by Gasteiger charge is -2.39. The van der Waals surface area contributed by atoms with E-state index < -0.39 is 22.7 Å². The summed E-state index contributed by atoms with van der Waals surface area (Å²) >= 11 is 0. The third-order valence-corrected chi connectivity index (χ3v) is 9.91. The van der Waals surface area contributed by atoms with Gasteiger partial charge in [0.1, 0.15) is 5.75 Å². The van der Waals surface area contributed by atoms with Gasteiger partial charge >= 0.3 is 0 Å². The summed E-state index contributed by atoms with van der Waals surface area (Å²) in [6.45, 7) is 0.